The zero-order chi connectivity index (χ0) is 50.0. The number of esters is 3. The van der Waals surface area contributed by atoms with Crippen molar-refractivity contribution < 1.29 is 28.6 Å². The molecule has 0 aromatic rings. The van der Waals surface area contributed by atoms with Crippen LogP contribution in [0.4, 0.5) is 0 Å². The molecule has 0 unspecified atom stereocenters. The molecule has 1 atom stereocenters. The minimum Gasteiger partial charge on any atom is -0.462 e. The van der Waals surface area contributed by atoms with Gasteiger partial charge in [0, 0.05) is 19.3 Å². The molecule has 0 aliphatic rings. The van der Waals surface area contributed by atoms with Crippen LogP contribution in [0.3, 0.4) is 0 Å². The van der Waals surface area contributed by atoms with Crippen molar-refractivity contribution in [2.24, 2.45) is 0 Å². The fourth-order valence-corrected chi connectivity index (χ4v) is 7.48. The van der Waals surface area contributed by atoms with Crippen molar-refractivity contribution >= 4 is 17.9 Å². The summed E-state index contributed by atoms with van der Waals surface area (Å²) in [6.45, 7) is 6.43. The highest BCUT2D eigenvalue weighted by Crippen LogP contribution is 2.13. The molecule has 6 heteroatoms. The third-order valence-corrected chi connectivity index (χ3v) is 11.7. The van der Waals surface area contributed by atoms with Crippen LogP contribution in [0.1, 0.15) is 252 Å². The number of rotatable bonds is 50. The van der Waals surface area contributed by atoms with Crippen LogP contribution in [0, 0.1) is 0 Å². The topological polar surface area (TPSA) is 78.9 Å². The zero-order valence-corrected chi connectivity index (χ0v) is 44.8. The van der Waals surface area contributed by atoms with Crippen LogP contribution in [0.2, 0.25) is 0 Å². The van der Waals surface area contributed by atoms with E-state index in [0.717, 1.165) is 116 Å². The van der Waals surface area contributed by atoms with Crippen LogP contribution in [-0.2, 0) is 28.6 Å². The van der Waals surface area contributed by atoms with Crippen LogP contribution in [0.15, 0.2) is 109 Å². The van der Waals surface area contributed by atoms with Gasteiger partial charge in [0.25, 0.3) is 0 Å². The summed E-state index contributed by atoms with van der Waals surface area (Å²) < 4.78 is 16.8. The number of allylic oxidation sites excluding steroid dienone is 18. The molecule has 392 valence electrons. The average Bonchev–Trinajstić information content (AvgIpc) is 3.35. The standard InChI is InChI=1S/C63H104O6/c1-4-7-10-13-16-19-22-25-28-30-31-33-35-38-41-44-47-50-53-56-62(65)68-59-60(58-67-61(64)55-52-49-46-43-40-37-34-27-24-21-18-15-12-9-6-3)69-63(66)57-54-51-48-45-42-39-36-32-29-26-23-20-17-14-11-8-5-2/h8,11,16-17,19-20,25-29,31,33-34,36,39,45,48,60H,4-7,9-10,12-15,18,21-24,30,32,35,37-38,40-44,46-47,49-59H2,1-3H3/b11-8-,19-16-,20-17-,28-25-,29-26-,33-31-,34-27-,39-36-,48-45-/t60-/m1/s1. The minimum atomic E-state index is -0.819. The van der Waals surface area contributed by atoms with E-state index in [1.54, 1.807) is 0 Å². The minimum absolute atomic E-state index is 0.111. The van der Waals surface area contributed by atoms with Gasteiger partial charge in [0.1, 0.15) is 13.2 Å². The molecule has 0 aliphatic heterocycles. The molecule has 0 aromatic heterocycles. The molecule has 0 bridgehead atoms. The van der Waals surface area contributed by atoms with E-state index in [4.69, 9.17) is 14.2 Å². The third kappa shape index (κ3) is 54.9. The SMILES string of the molecule is CC/C=C\C/C=C\C/C=C\C/C=C\C/C=C\CCCC(=O)O[C@H](COC(=O)CCCCCCC/C=C\CCCCCCCC)COC(=O)CCCCCCCC/C=C\C/C=C\C/C=C\CCCCC. The van der Waals surface area contributed by atoms with Crippen LogP contribution in [-0.4, -0.2) is 37.2 Å². The maximum absolute atomic E-state index is 12.8. The smallest absolute Gasteiger partial charge is 0.306 e. The molecule has 0 fully saturated rings. The molecule has 0 aromatic carbocycles. The molecule has 69 heavy (non-hydrogen) atoms. The Balaban J connectivity index is 4.52. The van der Waals surface area contributed by atoms with Gasteiger partial charge in [0.05, 0.1) is 0 Å². The number of hydrogen-bond donors (Lipinski definition) is 0. The molecule has 0 radical (unpaired) electrons. The van der Waals surface area contributed by atoms with Gasteiger partial charge in [-0.05, 0) is 122 Å². The number of unbranched alkanes of at least 4 members (excludes halogenated alkanes) is 21. The zero-order valence-electron chi connectivity index (χ0n) is 44.8. The largest absolute Gasteiger partial charge is 0.462 e. The van der Waals surface area contributed by atoms with Gasteiger partial charge in [-0.15, -0.1) is 0 Å². The monoisotopic (exact) mass is 957 g/mol. The van der Waals surface area contributed by atoms with Gasteiger partial charge in [0.15, 0.2) is 6.10 Å². The number of ether oxygens (including phenoxy) is 3. The predicted molar refractivity (Wildman–Crippen MR) is 297 cm³/mol. The molecule has 0 amide bonds. The predicted octanol–water partition coefficient (Wildman–Crippen LogP) is 19.1. The fraction of sp³-hybridized carbons (Fsp3) is 0.667. The molecule has 0 saturated heterocycles. The molecule has 0 rings (SSSR count). The Bertz CT molecular complexity index is 1420. The normalized spacial score (nSPS) is 12.9. The fourth-order valence-electron chi connectivity index (χ4n) is 7.48. The van der Waals surface area contributed by atoms with Crippen molar-refractivity contribution in [3.8, 4) is 0 Å². The lowest BCUT2D eigenvalue weighted by Gasteiger charge is -2.18. The summed E-state index contributed by atoms with van der Waals surface area (Å²) in [5, 5.41) is 0. The van der Waals surface area contributed by atoms with Crippen molar-refractivity contribution in [2.45, 2.75) is 258 Å². The maximum Gasteiger partial charge on any atom is 0.306 e. The van der Waals surface area contributed by atoms with Gasteiger partial charge in [-0.2, -0.15) is 0 Å². The van der Waals surface area contributed by atoms with Crippen LogP contribution < -0.4 is 0 Å². The number of carbonyl (C=O) groups is 3. The second kappa shape index (κ2) is 56.7. The summed E-state index contributed by atoms with van der Waals surface area (Å²) >= 11 is 0. The van der Waals surface area contributed by atoms with Gasteiger partial charge in [-0.25, -0.2) is 0 Å². The summed E-state index contributed by atoms with van der Waals surface area (Å²) in [6, 6.07) is 0. The Kier molecular flexibility index (Phi) is 53.4. The molecule has 0 N–H and O–H groups in total. The first-order valence-corrected chi connectivity index (χ1v) is 28.4. The Morgan fingerprint density at radius 2 is 0.580 bits per heavy atom. The lowest BCUT2D eigenvalue weighted by atomic mass is 10.1. The van der Waals surface area contributed by atoms with E-state index in [2.05, 4.69) is 130 Å². The number of hydrogen-bond acceptors (Lipinski definition) is 6. The van der Waals surface area contributed by atoms with Crippen LogP contribution in [0.5, 0.6) is 0 Å². The summed E-state index contributed by atoms with van der Waals surface area (Å²) in [4.78, 5) is 38.1. The Labute approximate surface area is 425 Å². The molecule has 0 aliphatic carbocycles. The first kappa shape index (κ1) is 65.1. The summed E-state index contributed by atoms with van der Waals surface area (Å²) in [7, 11) is 0. The van der Waals surface area contributed by atoms with E-state index in [9.17, 15) is 14.4 Å². The van der Waals surface area contributed by atoms with Gasteiger partial charge in [-0.3, -0.25) is 14.4 Å². The van der Waals surface area contributed by atoms with Crippen molar-refractivity contribution in [1.82, 2.24) is 0 Å². The first-order valence-electron chi connectivity index (χ1n) is 28.4. The summed E-state index contributed by atoms with van der Waals surface area (Å²) in [5.41, 5.74) is 0. The molecule has 0 saturated carbocycles. The van der Waals surface area contributed by atoms with Crippen molar-refractivity contribution in [1.29, 1.82) is 0 Å². The van der Waals surface area contributed by atoms with Crippen molar-refractivity contribution in [3.63, 3.8) is 0 Å². The van der Waals surface area contributed by atoms with Gasteiger partial charge in [0.2, 0.25) is 0 Å². The Morgan fingerprint density at radius 1 is 0.304 bits per heavy atom. The highest BCUT2D eigenvalue weighted by Gasteiger charge is 2.19. The van der Waals surface area contributed by atoms with E-state index >= 15 is 0 Å². The van der Waals surface area contributed by atoms with Crippen molar-refractivity contribution in [3.05, 3.63) is 109 Å². The van der Waals surface area contributed by atoms with Gasteiger partial charge >= 0.3 is 17.9 Å². The lowest BCUT2D eigenvalue weighted by Crippen LogP contribution is -2.30. The molecular formula is C63H104O6. The van der Waals surface area contributed by atoms with E-state index in [0.29, 0.717) is 19.3 Å². The van der Waals surface area contributed by atoms with Crippen molar-refractivity contribution in [2.75, 3.05) is 13.2 Å². The lowest BCUT2D eigenvalue weighted by molar-refractivity contribution is -0.167. The molecule has 6 nitrogen and oxygen atoms in total. The van der Waals surface area contributed by atoms with E-state index in [1.165, 1.54) is 89.9 Å². The Morgan fingerprint density at radius 3 is 0.971 bits per heavy atom. The Hall–Kier alpha value is -3.93. The summed E-state index contributed by atoms with van der Waals surface area (Å²) in [5.74, 6) is -0.990. The maximum atomic E-state index is 12.8. The molecular weight excluding hydrogens is 853 g/mol. The van der Waals surface area contributed by atoms with Crippen LogP contribution in [0.25, 0.3) is 0 Å². The first-order chi connectivity index (χ1) is 34.0. The van der Waals surface area contributed by atoms with Crippen LogP contribution >= 0.6 is 0 Å². The second-order valence-electron chi connectivity index (χ2n) is 18.5. The highest BCUT2D eigenvalue weighted by atomic mass is 16.6. The van der Waals surface area contributed by atoms with E-state index in [-0.39, 0.29) is 37.5 Å². The van der Waals surface area contributed by atoms with Gasteiger partial charge in [-0.1, -0.05) is 220 Å². The number of carbonyl (C=O) groups excluding carboxylic acids is 3. The summed E-state index contributed by atoms with van der Waals surface area (Å²) in [6.07, 6.45) is 76.5. The third-order valence-electron chi connectivity index (χ3n) is 11.7. The van der Waals surface area contributed by atoms with E-state index in [1.807, 2.05) is 0 Å². The van der Waals surface area contributed by atoms with E-state index < -0.39 is 6.10 Å². The second-order valence-corrected chi connectivity index (χ2v) is 18.5. The molecule has 0 heterocycles. The molecule has 0 spiro atoms. The highest BCUT2D eigenvalue weighted by molar-refractivity contribution is 5.71. The van der Waals surface area contributed by atoms with Gasteiger partial charge < -0.3 is 14.2 Å². The quantitative estimate of drug-likeness (QED) is 0.0262. The average molecular weight is 958 g/mol.